The minimum Gasteiger partial charge on any atom is -0.379 e. The highest BCUT2D eigenvalue weighted by atomic mass is 35.5. The van der Waals surface area contributed by atoms with E-state index < -0.39 is 0 Å². The summed E-state index contributed by atoms with van der Waals surface area (Å²) in [5, 5.41) is 1.28. The zero-order chi connectivity index (χ0) is 20.3. The van der Waals surface area contributed by atoms with E-state index >= 15 is 0 Å². The van der Waals surface area contributed by atoms with Crippen molar-refractivity contribution in [2.75, 3.05) is 39.4 Å². The predicted octanol–water partition coefficient (Wildman–Crippen LogP) is 5.18. The minimum atomic E-state index is 0. The van der Waals surface area contributed by atoms with Crippen molar-refractivity contribution < 1.29 is 4.74 Å². The van der Waals surface area contributed by atoms with Gasteiger partial charge in [0.25, 0.3) is 0 Å². The molecule has 1 unspecified atom stereocenters. The summed E-state index contributed by atoms with van der Waals surface area (Å²) in [4.78, 5) is 10.3. The number of para-hydroxylation sites is 1. The molecule has 2 aliphatic heterocycles. The van der Waals surface area contributed by atoms with E-state index in [1.807, 2.05) is 0 Å². The van der Waals surface area contributed by atoms with Crippen LogP contribution in [0.1, 0.15) is 31.4 Å². The normalized spacial score (nSPS) is 19.8. The molecule has 1 atom stereocenters. The van der Waals surface area contributed by atoms with Crippen molar-refractivity contribution in [3.8, 4) is 11.3 Å². The SMILES string of the molecule is CC(c1cc(-c2ccccc2)nc2ccccc12)N1CCC(N2CCOCC2)CC1.Cl. The van der Waals surface area contributed by atoms with E-state index in [1.54, 1.807) is 0 Å². The average molecular weight is 438 g/mol. The standard InChI is InChI=1S/C26H31N3O.ClH/c1-20(28-13-11-22(12-14-28)29-15-17-30-18-16-29)24-19-26(21-7-3-2-4-8-21)27-25-10-6-5-9-23(24)25;/h2-10,19-20,22H,11-18H2,1H3;1H. The first-order chi connectivity index (χ1) is 14.8. The molecule has 5 heteroatoms. The van der Waals surface area contributed by atoms with Crippen LogP contribution in [-0.4, -0.2) is 60.2 Å². The maximum Gasteiger partial charge on any atom is 0.0713 e. The Kier molecular flexibility index (Phi) is 7.24. The summed E-state index contributed by atoms with van der Waals surface area (Å²) < 4.78 is 5.54. The van der Waals surface area contributed by atoms with Crippen molar-refractivity contribution in [1.82, 2.24) is 14.8 Å². The highest BCUT2D eigenvalue weighted by Gasteiger charge is 2.29. The Morgan fingerprint density at radius 1 is 0.903 bits per heavy atom. The van der Waals surface area contributed by atoms with Crippen LogP contribution in [0.3, 0.4) is 0 Å². The fourth-order valence-corrected chi connectivity index (χ4v) is 5.08. The number of nitrogens with zero attached hydrogens (tertiary/aromatic N) is 3. The second-order valence-corrected chi connectivity index (χ2v) is 8.57. The lowest BCUT2D eigenvalue weighted by atomic mass is 9.95. The first-order valence-electron chi connectivity index (χ1n) is 11.3. The second kappa shape index (κ2) is 10.1. The van der Waals surface area contributed by atoms with E-state index in [0.29, 0.717) is 12.1 Å². The number of aromatic nitrogens is 1. The van der Waals surface area contributed by atoms with Gasteiger partial charge in [0.2, 0.25) is 0 Å². The first-order valence-corrected chi connectivity index (χ1v) is 11.3. The van der Waals surface area contributed by atoms with Gasteiger partial charge in [0.15, 0.2) is 0 Å². The van der Waals surface area contributed by atoms with E-state index in [2.05, 4.69) is 77.4 Å². The van der Waals surface area contributed by atoms with Crippen molar-refractivity contribution in [2.45, 2.75) is 31.8 Å². The highest BCUT2D eigenvalue weighted by Crippen LogP contribution is 2.33. The summed E-state index contributed by atoms with van der Waals surface area (Å²) in [6.07, 6.45) is 2.50. The lowest BCUT2D eigenvalue weighted by Gasteiger charge is -2.42. The van der Waals surface area contributed by atoms with Gasteiger partial charge < -0.3 is 4.74 Å². The number of pyridine rings is 1. The van der Waals surface area contributed by atoms with Crippen LogP contribution < -0.4 is 0 Å². The zero-order valence-corrected chi connectivity index (χ0v) is 19.1. The number of piperidine rings is 1. The Hall–Kier alpha value is -1.98. The van der Waals surface area contributed by atoms with Crippen LogP contribution >= 0.6 is 12.4 Å². The van der Waals surface area contributed by atoms with Crippen molar-refractivity contribution in [2.24, 2.45) is 0 Å². The molecule has 0 radical (unpaired) electrons. The number of likely N-dealkylation sites (tertiary alicyclic amines) is 1. The molecule has 2 aromatic carbocycles. The third-order valence-corrected chi connectivity index (χ3v) is 6.88. The van der Waals surface area contributed by atoms with Gasteiger partial charge in [-0.2, -0.15) is 0 Å². The van der Waals surface area contributed by atoms with Crippen molar-refractivity contribution in [1.29, 1.82) is 0 Å². The van der Waals surface area contributed by atoms with Crippen LogP contribution in [0.5, 0.6) is 0 Å². The van der Waals surface area contributed by atoms with Gasteiger partial charge >= 0.3 is 0 Å². The van der Waals surface area contributed by atoms with Gasteiger partial charge in [0.1, 0.15) is 0 Å². The van der Waals surface area contributed by atoms with E-state index in [0.717, 1.165) is 50.6 Å². The maximum atomic E-state index is 5.54. The molecule has 3 heterocycles. The van der Waals surface area contributed by atoms with Gasteiger partial charge in [-0.1, -0.05) is 48.5 Å². The van der Waals surface area contributed by atoms with Crippen LogP contribution in [0.4, 0.5) is 0 Å². The molecule has 0 amide bonds. The van der Waals surface area contributed by atoms with Crippen LogP contribution in [0, 0.1) is 0 Å². The molecule has 2 saturated heterocycles. The number of halogens is 1. The lowest BCUT2D eigenvalue weighted by molar-refractivity contribution is -0.00255. The third-order valence-electron chi connectivity index (χ3n) is 6.88. The molecule has 2 aliphatic rings. The lowest BCUT2D eigenvalue weighted by Crippen LogP contribution is -2.49. The highest BCUT2D eigenvalue weighted by molar-refractivity contribution is 5.86. The summed E-state index contributed by atoms with van der Waals surface area (Å²) in [6.45, 7) is 8.64. The smallest absolute Gasteiger partial charge is 0.0713 e. The van der Waals surface area contributed by atoms with E-state index in [4.69, 9.17) is 9.72 Å². The first kappa shape index (κ1) is 22.2. The number of rotatable bonds is 4. The third kappa shape index (κ3) is 4.78. The second-order valence-electron chi connectivity index (χ2n) is 8.57. The van der Waals surface area contributed by atoms with Gasteiger partial charge in [-0.25, -0.2) is 4.98 Å². The molecule has 0 N–H and O–H groups in total. The molecule has 31 heavy (non-hydrogen) atoms. The molecule has 1 aromatic heterocycles. The monoisotopic (exact) mass is 437 g/mol. The number of hydrogen-bond donors (Lipinski definition) is 0. The fraction of sp³-hybridized carbons (Fsp3) is 0.423. The Morgan fingerprint density at radius 2 is 1.58 bits per heavy atom. The summed E-state index contributed by atoms with van der Waals surface area (Å²) in [5.74, 6) is 0. The molecule has 0 bridgehead atoms. The summed E-state index contributed by atoms with van der Waals surface area (Å²) in [5.41, 5.74) is 4.73. The molecule has 164 valence electrons. The quantitative estimate of drug-likeness (QED) is 0.562. The Labute approximate surface area is 191 Å². The van der Waals surface area contributed by atoms with E-state index in [1.165, 1.54) is 29.4 Å². The number of morpholine rings is 1. The van der Waals surface area contributed by atoms with Crippen LogP contribution in [0.15, 0.2) is 60.7 Å². The van der Waals surface area contributed by atoms with Gasteiger partial charge in [-0.05, 0) is 37.5 Å². The van der Waals surface area contributed by atoms with Gasteiger partial charge in [-0.3, -0.25) is 9.80 Å². The Morgan fingerprint density at radius 3 is 2.32 bits per heavy atom. The van der Waals surface area contributed by atoms with Gasteiger partial charge in [0, 0.05) is 49.2 Å². The van der Waals surface area contributed by atoms with Gasteiger partial charge in [-0.15, -0.1) is 12.4 Å². The van der Waals surface area contributed by atoms with Crippen molar-refractivity contribution >= 4 is 23.3 Å². The molecule has 0 aliphatic carbocycles. The number of benzene rings is 2. The fourth-order valence-electron chi connectivity index (χ4n) is 5.08. The van der Waals surface area contributed by atoms with Crippen molar-refractivity contribution in [3.63, 3.8) is 0 Å². The number of hydrogen-bond acceptors (Lipinski definition) is 4. The molecular formula is C26H32ClN3O. The summed E-state index contributed by atoms with van der Waals surface area (Å²) in [7, 11) is 0. The number of fused-ring (bicyclic) bond motifs is 1. The predicted molar refractivity (Wildman–Crippen MR) is 130 cm³/mol. The molecule has 0 saturated carbocycles. The molecular weight excluding hydrogens is 406 g/mol. The Balaban J connectivity index is 0.00000231. The van der Waals surface area contributed by atoms with Gasteiger partial charge in [0.05, 0.1) is 24.4 Å². The van der Waals surface area contributed by atoms with Crippen LogP contribution in [0.25, 0.3) is 22.2 Å². The molecule has 5 rings (SSSR count). The molecule has 2 fully saturated rings. The van der Waals surface area contributed by atoms with E-state index in [9.17, 15) is 0 Å². The number of ether oxygens (including phenoxy) is 1. The molecule has 0 spiro atoms. The largest absolute Gasteiger partial charge is 0.379 e. The van der Waals surface area contributed by atoms with Crippen LogP contribution in [0.2, 0.25) is 0 Å². The summed E-state index contributed by atoms with van der Waals surface area (Å²) in [6, 6.07) is 22.5. The molecule has 3 aromatic rings. The molecule has 4 nitrogen and oxygen atoms in total. The average Bonchev–Trinajstić information content (AvgIpc) is 2.84. The minimum absolute atomic E-state index is 0. The Bertz CT molecular complexity index is 982. The topological polar surface area (TPSA) is 28.6 Å². The van der Waals surface area contributed by atoms with Crippen LogP contribution in [-0.2, 0) is 4.74 Å². The maximum absolute atomic E-state index is 5.54. The van der Waals surface area contributed by atoms with Crippen molar-refractivity contribution in [3.05, 3.63) is 66.2 Å². The zero-order valence-electron chi connectivity index (χ0n) is 18.2. The summed E-state index contributed by atoms with van der Waals surface area (Å²) >= 11 is 0. The van der Waals surface area contributed by atoms with E-state index in [-0.39, 0.29) is 12.4 Å².